The summed E-state index contributed by atoms with van der Waals surface area (Å²) < 4.78 is 12.4. The molecule has 9 heavy (non-hydrogen) atoms. The molecule has 1 rings (SSSR count). The first-order valence-corrected chi connectivity index (χ1v) is 3.31. The molecule has 0 amide bonds. The highest BCUT2D eigenvalue weighted by atomic mass is 19.1. The van der Waals surface area contributed by atoms with Crippen LogP contribution in [0, 0.1) is 5.92 Å². The second-order valence-electron chi connectivity index (χ2n) is 2.41. The summed E-state index contributed by atoms with van der Waals surface area (Å²) >= 11 is 0. The number of allylic oxidation sites excluding steroid dienone is 3. The van der Waals surface area contributed by atoms with E-state index in [1.165, 1.54) is 0 Å². The van der Waals surface area contributed by atoms with Crippen molar-refractivity contribution in [2.45, 2.75) is 19.3 Å². The summed E-state index contributed by atoms with van der Waals surface area (Å²) in [6, 6.07) is 0. The van der Waals surface area contributed by atoms with Crippen LogP contribution in [0.15, 0.2) is 24.6 Å². The lowest BCUT2D eigenvalue weighted by molar-refractivity contribution is 0.500. The molecular formula is C8H11F. The molecule has 50 valence electrons. The standard InChI is InChI=1S/C8H11F/c1-2-7-4-3-5-8(9)6-7/h2,6-7H,1,3-5H2. The minimum absolute atomic E-state index is 0.0335. The molecule has 0 radical (unpaired) electrons. The van der Waals surface area contributed by atoms with Gasteiger partial charge in [0.05, 0.1) is 5.83 Å². The Morgan fingerprint density at radius 2 is 2.56 bits per heavy atom. The number of hydrogen-bond donors (Lipinski definition) is 0. The van der Waals surface area contributed by atoms with Crippen LogP contribution in [-0.4, -0.2) is 0 Å². The van der Waals surface area contributed by atoms with Crippen LogP contribution >= 0.6 is 0 Å². The molecule has 1 heteroatoms. The minimum Gasteiger partial charge on any atom is -0.212 e. The highest BCUT2D eigenvalue weighted by Gasteiger charge is 2.08. The van der Waals surface area contributed by atoms with E-state index in [0.717, 1.165) is 12.8 Å². The first-order valence-electron chi connectivity index (χ1n) is 3.31. The molecule has 0 saturated carbocycles. The summed E-state index contributed by atoms with van der Waals surface area (Å²) in [5, 5.41) is 0. The molecule has 0 spiro atoms. The van der Waals surface area contributed by atoms with Crippen molar-refractivity contribution in [2.24, 2.45) is 5.92 Å². The zero-order valence-corrected chi connectivity index (χ0v) is 5.44. The van der Waals surface area contributed by atoms with E-state index in [-0.39, 0.29) is 5.83 Å². The third kappa shape index (κ3) is 1.67. The summed E-state index contributed by atoms with van der Waals surface area (Å²) in [5.74, 6) is 0.324. The van der Waals surface area contributed by atoms with Crippen molar-refractivity contribution in [2.75, 3.05) is 0 Å². The van der Waals surface area contributed by atoms with E-state index in [0.29, 0.717) is 12.3 Å². The summed E-state index contributed by atoms with van der Waals surface area (Å²) in [6.45, 7) is 3.61. The van der Waals surface area contributed by atoms with Gasteiger partial charge in [0, 0.05) is 0 Å². The quantitative estimate of drug-likeness (QED) is 0.474. The molecule has 0 fully saturated rings. The summed E-state index contributed by atoms with van der Waals surface area (Å²) in [4.78, 5) is 0. The minimum atomic E-state index is 0.0335. The lowest BCUT2D eigenvalue weighted by Crippen LogP contribution is -1.98. The van der Waals surface area contributed by atoms with Gasteiger partial charge in [-0.15, -0.1) is 6.58 Å². The molecule has 1 unspecified atom stereocenters. The molecule has 0 saturated heterocycles. The Balaban J connectivity index is 2.56. The summed E-state index contributed by atoms with van der Waals surface area (Å²) in [7, 11) is 0. The van der Waals surface area contributed by atoms with E-state index >= 15 is 0 Å². The molecule has 0 aromatic rings. The highest BCUT2D eigenvalue weighted by molar-refractivity contribution is 5.05. The molecular weight excluding hydrogens is 115 g/mol. The van der Waals surface area contributed by atoms with Crippen LogP contribution in [0.25, 0.3) is 0 Å². The van der Waals surface area contributed by atoms with Crippen molar-refractivity contribution >= 4 is 0 Å². The summed E-state index contributed by atoms with van der Waals surface area (Å²) in [5.41, 5.74) is 0. The van der Waals surface area contributed by atoms with Gasteiger partial charge in [-0.1, -0.05) is 6.08 Å². The molecule has 0 aliphatic heterocycles. The maximum Gasteiger partial charge on any atom is 0.0965 e. The monoisotopic (exact) mass is 126 g/mol. The van der Waals surface area contributed by atoms with Crippen LogP contribution in [0.1, 0.15) is 19.3 Å². The third-order valence-electron chi connectivity index (χ3n) is 1.65. The average molecular weight is 126 g/mol. The average Bonchev–Trinajstić information content (AvgIpc) is 1.88. The van der Waals surface area contributed by atoms with E-state index in [4.69, 9.17) is 0 Å². The molecule has 0 heterocycles. The Morgan fingerprint density at radius 3 is 3.00 bits per heavy atom. The Bertz CT molecular complexity index is 136. The van der Waals surface area contributed by atoms with E-state index in [1.807, 2.05) is 0 Å². The van der Waals surface area contributed by atoms with Gasteiger partial charge in [0.25, 0.3) is 0 Å². The maximum absolute atomic E-state index is 12.4. The van der Waals surface area contributed by atoms with Crippen molar-refractivity contribution in [1.82, 2.24) is 0 Å². The van der Waals surface area contributed by atoms with Crippen molar-refractivity contribution in [3.05, 3.63) is 24.6 Å². The third-order valence-corrected chi connectivity index (χ3v) is 1.65. The van der Waals surface area contributed by atoms with E-state index in [2.05, 4.69) is 6.58 Å². The second-order valence-corrected chi connectivity index (χ2v) is 2.41. The van der Waals surface area contributed by atoms with Crippen molar-refractivity contribution in [3.8, 4) is 0 Å². The fourth-order valence-corrected chi connectivity index (χ4v) is 1.09. The number of halogens is 1. The van der Waals surface area contributed by atoms with Gasteiger partial charge in [0.1, 0.15) is 0 Å². The van der Waals surface area contributed by atoms with E-state index < -0.39 is 0 Å². The number of rotatable bonds is 1. The fourth-order valence-electron chi connectivity index (χ4n) is 1.09. The van der Waals surface area contributed by atoms with Crippen LogP contribution in [0.3, 0.4) is 0 Å². The molecule has 0 aromatic carbocycles. The molecule has 1 aliphatic carbocycles. The predicted octanol–water partition coefficient (Wildman–Crippen LogP) is 2.83. The Morgan fingerprint density at radius 1 is 1.78 bits per heavy atom. The molecule has 0 bridgehead atoms. The van der Waals surface area contributed by atoms with Crippen molar-refractivity contribution in [1.29, 1.82) is 0 Å². The van der Waals surface area contributed by atoms with Crippen molar-refractivity contribution in [3.63, 3.8) is 0 Å². The molecule has 0 N–H and O–H groups in total. The zero-order valence-electron chi connectivity index (χ0n) is 5.44. The van der Waals surface area contributed by atoms with Gasteiger partial charge in [-0.25, -0.2) is 4.39 Å². The van der Waals surface area contributed by atoms with Gasteiger partial charge in [-0.3, -0.25) is 0 Å². The van der Waals surface area contributed by atoms with Crippen LogP contribution in [0.2, 0.25) is 0 Å². The lowest BCUT2D eigenvalue weighted by atomic mass is 9.96. The molecule has 0 aromatic heterocycles. The van der Waals surface area contributed by atoms with E-state index in [1.54, 1.807) is 12.2 Å². The van der Waals surface area contributed by atoms with E-state index in [9.17, 15) is 4.39 Å². The molecule has 1 aliphatic rings. The van der Waals surface area contributed by atoms with Crippen LogP contribution in [-0.2, 0) is 0 Å². The topological polar surface area (TPSA) is 0 Å². The first kappa shape index (κ1) is 6.53. The highest BCUT2D eigenvalue weighted by Crippen LogP contribution is 2.23. The summed E-state index contributed by atoms with van der Waals surface area (Å²) in [6.07, 6.45) is 6.13. The smallest absolute Gasteiger partial charge is 0.0965 e. The zero-order chi connectivity index (χ0) is 6.69. The van der Waals surface area contributed by atoms with Gasteiger partial charge in [0.15, 0.2) is 0 Å². The molecule has 0 nitrogen and oxygen atoms in total. The Kier molecular flexibility index (Phi) is 2.04. The fraction of sp³-hybridized carbons (Fsp3) is 0.500. The van der Waals surface area contributed by atoms with Gasteiger partial charge in [-0.2, -0.15) is 0 Å². The SMILES string of the molecule is C=CC1C=C(F)CCC1. The van der Waals surface area contributed by atoms with Gasteiger partial charge < -0.3 is 0 Å². The van der Waals surface area contributed by atoms with Crippen LogP contribution < -0.4 is 0 Å². The number of hydrogen-bond acceptors (Lipinski definition) is 0. The van der Waals surface area contributed by atoms with Gasteiger partial charge >= 0.3 is 0 Å². The Hall–Kier alpha value is -0.590. The maximum atomic E-state index is 12.4. The van der Waals surface area contributed by atoms with Crippen LogP contribution in [0.4, 0.5) is 4.39 Å². The Labute approximate surface area is 55.1 Å². The largest absolute Gasteiger partial charge is 0.212 e. The first-order chi connectivity index (χ1) is 4.33. The molecule has 1 atom stereocenters. The van der Waals surface area contributed by atoms with Crippen LogP contribution in [0.5, 0.6) is 0 Å². The second kappa shape index (κ2) is 2.81. The van der Waals surface area contributed by atoms with Gasteiger partial charge in [-0.05, 0) is 31.3 Å². The lowest BCUT2D eigenvalue weighted by Gasteiger charge is -2.12. The van der Waals surface area contributed by atoms with Crippen molar-refractivity contribution < 1.29 is 4.39 Å². The predicted molar refractivity (Wildman–Crippen MR) is 36.7 cm³/mol. The van der Waals surface area contributed by atoms with Gasteiger partial charge in [0.2, 0.25) is 0 Å². The normalized spacial score (nSPS) is 27.2.